The lowest BCUT2D eigenvalue weighted by molar-refractivity contribution is -0.274. The number of carbonyl (C=O) groups is 1. The van der Waals surface area contributed by atoms with Gasteiger partial charge in [-0.1, -0.05) is 39.3 Å². The number of nitriles is 1. The zero-order chi connectivity index (χ0) is 27.7. The van der Waals surface area contributed by atoms with Gasteiger partial charge in [0.1, 0.15) is 17.0 Å². The number of halogens is 3. The average molecular weight is 530 g/mol. The molecule has 2 heterocycles. The Morgan fingerprint density at radius 1 is 1.33 bits per heavy atom. The summed E-state index contributed by atoms with van der Waals surface area (Å²) in [5.74, 6) is 1.02. The SMILES string of the molecule is CC1CCN(C#N)C1.CC=O.CCC(C)Cc1nc(-c2ccccc2OC(F)(F)F)sc1C.COC. The van der Waals surface area contributed by atoms with Crippen LogP contribution in [0.25, 0.3) is 10.6 Å². The van der Waals surface area contributed by atoms with Crippen molar-refractivity contribution in [3.63, 3.8) is 0 Å². The zero-order valence-electron chi connectivity index (χ0n) is 22.2. The van der Waals surface area contributed by atoms with E-state index in [0.29, 0.717) is 16.5 Å². The Hall–Kier alpha value is -2.64. The smallest absolute Gasteiger partial charge is 0.405 e. The second-order valence-electron chi connectivity index (χ2n) is 8.37. The number of hydrogen-bond acceptors (Lipinski definition) is 7. The number of alkyl halides is 3. The zero-order valence-corrected chi connectivity index (χ0v) is 23.0. The van der Waals surface area contributed by atoms with Crippen LogP contribution in [0.4, 0.5) is 13.2 Å². The molecule has 0 amide bonds. The van der Waals surface area contributed by atoms with Crippen LogP contribution < -0.4 is 4.74 Å². The molecule has 1 aliphatic heterocycles. The quantitative estimate of drug-likeness (QED) is 0.310. The molecule has 10 heteroatoms. The van der Waals surface area contributed by atoms with Crippen LogP contribution in [0.3, 0.4) is 0 Å². The Morgan fingerprint density at radius 3 is 2.36 bits per heavy atom. The van der Waals surface area contributed by atoms with E-state index >= 15 is 0 Å². The first-order valence-corrected chi connectivity index (χ1v) is 12.5. The van der Waals surface area contributed by atoms with Crippen LogP contribution in [-0.4, -0.2) is 49.8 Å². The molecule has 6 nitrogen and oxygen atoms in total. The fourth-order valence-electron chi connectivity index (χ4n) is 3.09. The normalized spacial score (nSPS) is 15.1. The molecule has 1 fully saturated rings. The summed E-state index contributed by atoms with van der Waals surface area (Å²) in [7, 11) is 3.25. The summed E-state index contributed by atoms with van der Waals surface area (Å²) in [6.07, 6.45) is 1.24. The van der Waals surface area contributed by atoms with Gasteiger partial charge in [0, 0.05) is 32.2 Å². The Labute approximate surface area is 217 Å². The maximum absolute atomic E-state index is 12.5. The lowest BCUT2D eigenvalue weighted by atomic mass is 10.0. The summed E-state index contributed by atoms with van der Waals surface area (Å²) < 4.78 is 45.9. The number of aldehydes is 1. The lowest BCUT2D eigenvalue weighted by Gasteiger charge is -2.11. The van der Waals surface area contributed by atoms with Crippen molar-refractivity contribution in [1.29, 1.82) is 5.26 Å². The third kappa shape index (κ3) is 13.4. The Morgan fingerprint density at radius 2 is 1.92 bits per heavy atom. The van der Waals surface area contributed by atoms with Gasteiger partial charge in [-0.2, -0.15) is 5.26 Å². The minimum absolute atomic E-state index is 0.209. The molecule has 2 atom stereocenters. The summed E-state index contributed by atoms with van der Waals surface area (Å²) in [6, 6.07) is 6.12. The molecule has 36 heavy (non-hydrogen) atoms. The van der Waals surface area contributed by atoms with E-state index in [1.54, 1.807) is 26.4 Å². The number of methoxy groups -OCH3 is 1. The van der Waals surface area contributed by atoms with E-state index in [1.807, 2.05) is 11.8 Å². The van der Waals surface area contributed by atoms with Crippen molar-refractivity contribution in [3.05, 3.63) is 34.8 Å². The van der Waals surface area contributed by atoms with E-state index in [1.165, 1.54) is 36.8 Å². The van der Waals surface area contributed by atoms with Crippen LogP contribution >= 0.6 is 11.3 Å². The summed E-state index contributed by atoms with van der Waals surface area (Å²) in [6.45, 7) is 11.8. The third-order valence-electron chi connectivity index (χ3n) is 5.04. The molecule has 1 aromatic heterocycles. The minimum Gasteiger partial charge on any atom is -0.405 e. The predicted octanol–water partition coefficient (Wildman–Crippen LogP) is 6.88. The fourth-order valence-corrected chi connectivity index (χ4v) is 4.06. The van der Waals surface area contributed by atoms with Crippen LogP contribution in [0, 0.1) is 30.2 Å². The van der Waals surface area contributed by atoms with E-state index < -0.39 is 6.36 Å². The van der Waals surface area contributed by atoms with E-state index in [-0.39, 0.29) is 5.75 Å². The van der Waals surface area contributed by atoms with Gasteiger partial charge in [0.05, 0.1) is 11.3 Å². The summed E-state index contributed by atoms with van der Waals surface area (Å²) in [4.78, 5) is 16.2. The third-order valence-corrected chi connectivity index (χ3v) is 6.09. The van der Waals surface area contributed by atoms with Gasteiger partial charge in [-0.05, 0) is 50.7 Å². The standard InChI is InChI=1S/C16H18F3NOS.C6H10N2.C2H6O.C2H4O/c1-4-10(2)9-13-11(3)22-15(20-13)12-7-5-6-8-14(12)21-16(17,18)19;1-6-2-3-8(4-6)5-7;1-3-2;1-2-3/h5-8,10H,4,9H2,1-3H3;6H,2-4H2,1H3;1-2H3;2H,1H3. The van der Waals surface area contributed by atoms with Crippen LogP contribution in [0.15, 0.2) is 24.3 Å². The average Bonchev–Trinajstić information content (AvgIpc) is 3.39. The molecule has 2 aromatic rings. The number of para-hydroxylation sites is 1. The number of likely N-dealkylation sites (tertiary alicyclic amines) is 1. The molecule has 0 radical (unpaired) electrons. The summed E-state index contributed by atoms with van der Waals surface area (Å²) in [5.41, 5.74) is 1.33. The van der Waals surface area contributed by atoms with Crippen molar-refractivity contribution < 1.29 is 27.4 Å². The Kier molecular flexibility index (Phi) is 16.4. The number of aromatic nitrogens is 1. The predicted molar refractivity (Wildman–Crippen MR) is 138 cm³/mol. The Balaban J connectivity index is 0.000000717. The largest absolute Gasteiger partial charge is 0.573 e. The van der Waals surface area contributed by atoms with E-state index in [4.69, 9.17) is 10.1 Å². The van der Waals surface area contributed by atoms with Crippen molar-refractivity contribution in [2.24, 2.45) is 11.8 Å². The highest BCUT2D eigenvalue weighted by atomic mass is 32.1. The van der Waals surface area contributed by atoms with Gasteiger partial charge < -0.3 is 19.2 Å². The maximum atomic E-state index is 12.5. The van der Waals surface area contributed by atoms with Crippen LogP contribution in [0.2, 0.25) is 0 Å². The molecule has 3 rings (SSSR count). The van der Waals surface area contributed by atoms with Gasteiger partial charge in [-0.3, -0.25) is 0 Å². The lowest BCUT2D eigenvalue weighted by Crippen LogP contribution is -2.17. The second-order valence-corrected chi connectivity index (χ2v) is 9.57. The molecular formula is C26H38F3N3O3S. The van der Waals surface area contributed by atoms with Gasteiger partial charge in [-0.15, -0.1) is 24.5 Å². The molecule has 1 saturated heterocycles. The Bertz CT molecular complexity index is 929. The highest BCUT2D eigenvalue weighted by Crippen LogP contribution is 2.37. The highest BCUT2D eigenvalue weighted by Gasteiger charge is 2.32. The number of aryl methyl sites for hydroxylation is 1. The number of nitrogens with zero attached hydrogens (tertiary/aromatic N) is 3. The first-order valence-electron chi connectivity index (χ1n) is 11.7. The number of rotatable bonds is 5. The maximum Gasteiger partial charge on any atom is 0.573 e. The van der Waals surface area contributed by atoms with Crippen molar-refractivity contribution in [3.8, 4) is 22.5 Å². The van der Waals surface area contributed by atoms with Crippen LogP contribution in [0.1, 0.15) is 51.1 Å². The van der Waals surface area contributed by atoms with Crippen LogP contribution in [0.5, 0.6) is 5.75 Å². The number of carbonyl (C=O) groups excluding carboxylic acids is 1. The number of hydrogen-bond donors (Lipinski definition) is 0. The molecular weight excluding hydrogens is 491 g/mol. The van der Waals surface area contributed by atoms with Gasteiger partial charge in [0.25, 0.3) is 0 Å². The number of thiazole rings is 1. The molecule has 1 aromatic carbocycles. The van der Waals surface area contributed by atoms with Crippen LogP contribution in [-0.2, 0) is 16.0 Å². The molecule has 0 bridgehead atoms. The van der Waals surface area contributed by atoms with Gasteiger partial charge in [-0.25, -0.2) is 4.98 Å². The van der Waals surface area contributed by atoms with Crippen molar-refractivity contribution >= 4 is 17.6 Å². The van der Waals surface area contributed by atoms with Crippen molar-refractivity contribution in [1.82, 2.24) is 9.88 Å². The molecule has 0 aliphatic carbocycles. The first-order chi connectivity index (χ1) is 17.0. The molecule has 0 N–H and O–H groups in total. The van der Waals surface area contributed by atoms with E-state index in [0.717, 1.165) is 48.7 Å². The number of benzene rings is 1. The molecule has 202 valence electrons. The topological polar surface area (TPSA) is 75.5 Å². The molecule has 2 unspecified atom stereocenters. The summed E-state index contributed by atoms with van der Waals surface area (Å²) in [5, 5.41) is 8.93. The van der Waals surface area contributed by atoms with E-state index in [9.17, 15) is 13.2 Å². The molecule has 0 saturated carbocycles. The van der Waals surface area contributed by atoms with Crippen molar-refractivity contribution in [2.75, 3.05) is 27.3 Å². The highest BCUT2D eigenvalue weighted by molar-refractivity contribution is 7.15. The molecule has 1 aliphatic rings. The second kappa shape index (κ2) is 17.7. The fraction of sp³-hybridized carbons (Fsp3) is 0.577. The van der Waals surface area contributed by atoms with Gasteiger partial charge >= 0.3 is 6.36 Å². The first kappa shape index (κ1) is 33.4. The van der Waals surface area contributed by atoms with Crippen molar-refractivity contribution in [2.45, 2.75) is 60.2 Å². The van der Waals surface area contributed by atoms with Gasteiger partial charge in [0.15, 0.2) is 6.19 Å². The molecule has 0 spiro atoms. The number of ether oxygens (including phenoxy) is 2. The monoisotopic (exact) mass is 529 g/mol. The van der Waals surface area contributed by atoms with Gasteiger partial charge in [0.2, 0.25) is 0 Å². The minimum atomic E-state index is -4.71. The summed E-state index contributed by atoms with van der Waals surface area (Å²) >= 11 is 1.40. The van der Waals surface area contributed by atoms with E-state index in [2.05, 4.69) is 41.4 Å².